The minimum atomic E-state index is -1.49. The number of non-ortho nitro benzene ring substituents is 1. The number of nitrogens with zero attached hydrogens (tertiary/aromatic N) is 3. The quantitative estimate of drug-likeness (QED) is 0.302. The summed E-state index contributed by atoms with van der Waals surface area (Å²) in [6.07, 6.45) is -0.549. The molecule has 0 atom stereocenters. The van der Waals surface area contributed by atoms with Gasteiger partial charge in [-0.05, 0) is 13.0 Å². The molecule has 0 aliphatic heterocycles. The minimum Gasteiger partial charge on any atom is -0.477 e. The van der Waals surface area contributed by atoms with Gasteiger partial charge in [0.25, 0.3) is 5.69 Å². The van der Waals surface area contributed by atoms with Crippen LogP contribution in [0.25, 0.3) is 0 Å². The molecule has 0 unspecified atom stereocenters. The molecule has 2 aromatic carbocycles. The Labute approximate surface area is 157 Å². The molecule has 0 radical (unpaired) electrons. The number of hydrazone groups is 1. The number of aryl methyl sites for hydroxylation is 1. The summed E-state index contributed by atoms with van der Waals surface area (Å²) < 4.78 is 0. The number of benzene rings is 2. The second-order valence-corrected chi connectivity index (χ2v) is 5.66. The molecule has 0 fully saturated rings. The molecule has 2 N–H and O–H groups in total. The number of carbonyl (C=O) groups is 2. The van der Waals surface area contributed by atoms with Crippen LogP contribution >= 0.6 is 0 Å². The van der Waals surface area contributed by atoms with Crippen LogP contribution in [0, 0.1) is 27.2 Å². The Morgan fingerprint density at radius 2 is 1.71 bits per heavy atom. The van der Waals surface area contributed by atoms with Crippen molar-refractivity contribution in [1.82, 2.24) is 0 Å². The van der Waals surface area contributed by atoms with Crippen LogP contribution in [-0.4, -0.2) is 32.4 Å². The van der Waals surface area contributed by atoms with Gasteiger partial charge in [0.2, 0.25) is 0 Å². The maximum Gasteiger partial charge on any atom is 0.352 e. The van der Waals surface area contributed by atoms with Crippen molar-refractivity contribution in [3.05, 3.63) is 73.8 Å². The first kappa shape index (κ1) is 20.2. The molecule has 0 bridgehead atoms. The Balaban J connectivity index is 2.26. The number of anilines is 1. The van der Waals surface area contributed by atoms with Gasteiger partial charge in [-0.1, -0.05) is 29.8 Å². The van der Waals surface area contributed by atoms with Crippen LogP contribution in [-0.2, 0) is 4.79 Å². The fourth-order valence-corrected chi connectivity index (χ4v) is 2.16. The van der Waals surface area contributed by atoms with Crippen LogP contribution in [0.15, 0.2) is 47.6 Å². The molecule has 0 saturated carbocycles. The fraction of sp³-hybridized carbons (Fsp3) is 0.118. The molecule has 0 heterocycles. The van der Waals surface area contributed by atoms with E-state index in [-0.39, 0.29) is 5.69 Å². The number of nitrogens with one attached hydrogen (secondary N) is 1. The molecule has 2 aromatic rings. The molecule has 0 amide bonds. The van der Waals surface area contributed by atoms with Gasteiger partial charge in [-0.25, -0.2) is 4.79 Å². The summed E-state index contributed by atoms with van der Waals surface area (Å²) >= 11 is 0. The first-order valence-electron chi connectivity index (χ1n) is 7.77. The van der Waals surface area contributed by atoms with Crippen molar-refractivity contribution in [3.63, 3.8) is 0 Å². The topological polar surface area (TPSA) is 165 Å². The van der Waals surface area contributed by atoms with Crippen molar-refractivity contribution in [2.45, 2.75) is 13.3 Å². The predicted molar refractivity (Wildman–Crippen MR) is 98.6 cm³/mol. The Kier molecular flexibility index (Phi) is 6.11. The molecular formula is C17H14N4O7. The van der Waals surface area contributed by atoms with E-state index in [4.69, 9.17) is 0 Å². The number of hydrogen-bond acceptors (Lipinski definition) is 8. The van der Waals surface area contributed by atoms with Crippen molar-refractivity contribution >= 4 is 34.5 Å². The highest BCUT2D eigenvalue weighted by atomic mass is 16.6. The van der Waals surface area contributed by atoms with Gasteiger partial charge in [-0.15, -0.1) is 0 Å². The second kappa shape index (κ2) is 8.49. The van der Waals surface area contributed by atoms with Crippen LogP contribution in [0.5, 0.6) is 0 Å². The van der Waals surface area contributed by atoms with Crippen LogP contribution < -0.4 is 5.43 Å². The molecule has 144 valence electrons. The van der Waals surface area contributed by atoms with Gasteiger partial charge >= 0.3 is 11.7 Å². The van der Waals surface area contributed by atoms with Crippen molar-refractivity contribution in [1.29, 1.82) is 0 Å². The van der Waals surface area contributed by atoms with Crippen LogP contribution in [0.4, 0.5) is 17.1 Å². The van der Waals surface area contributed by atoms with E-state index in [1.54, 1.807) is 24.3 Å². The van der Waals surface area contributed by atoms with Crippen molar-refractivity contribution in [2.24, 2.45) is 5.10 Å². The summed E-state index contributed by atoms with van der Waals surface area (Å²) in [6, 6.07) is 9.24. The summed E-state index contributed by atoms with van der Waals surface area (Å²) in [4.78, 5) is 43.7. The molecule has 2 rings (SSSR count). The van der Waals surface area contributed by atoms with Crippen molar-refractivity contribution in [2.75, 3.05) is 5.43 Å². The van der Waals surface area contributed by atoms with E-state index in [0.29, 0.717) is 5.56 Å². The highest BCUT2D eigenvalue weighted by molar-refractivity contribution is 6.40. The normalized spacial score (nSPS) is 11.0. The van der Waals surface area contributed by atoms with E-state index in [0.717, 1.165) is 23.8 Å². The van der Waals surface area contributed by atoms with Gasteiger partial charge in [0.05, 0.1) is 22.3 Å². The van der Waals surface area contributed by atoms with Gasteiger partial charge < -0.3 is 5.11 Å². The van der Waals surface area contributed by atoms with E-state index < -0.39 is 45.1 Å². The average Bonchev–Trinajstić information content (AvgIpc) is 2.64. The third-order valence-electron chi connectivity index (χ3n) is 3.65. The smallest absolute Gasteiger partial charge is 0.352 e. The lowest BCUT2D eigenvalue weighted by molar-refractivity contribution is -0.393. The van der Waals surface area contributed by atoms with Crippen LogP contribution in [0.2, 0.25) is 0 Å². The van der Waals surface area contributed by atoms with Gasteiger partial charge in [0.15, 0.2) is 11.5 Å². The SMILES string of the molecule is Cc1ccc(C(=O)C/C(=N\Nc2ccc([N+](=O)[O-])cc2[N+](=O)[O-])C(=O)O)cc1. The number of carbonyl (C=O) groups excluding carboxylic acids is 1. The number of carboxylic acids is 1. The molecule has 0 aliphatic rings. The van der Waals surface area contributed by atoms with E-state index >= 15 is 0 Å². The summed E-state index contributed by atoms with van der Waals surface area (Å²) in [5.74, 6) is -1.99. The zero-order valence-corrected chi connectivity index (χ0v) is 14.5. The number of rotatable bonds is 8. The summed E-state index contributed by atoms with van der Waals surface area (Å²) in [5.41, 5.74) is 1.43. The van der Waals surface area contributed by atoms with E-state index in [1.165, 1.54) is 0 Å². The van der Waals surface area contributed by atoms with Crippen molar-refractivity contribution < 1.29 is 24.5 Å². The molecule has 28 heavy (non-hydrogen) atoms. The molecule has 0 aromatic heterocycles. The number of ketones is 1. The highest BCUT2D eigenvalue weighted by Gasteiger charge is 2.21. The molecule has 11 heteroatoms. The number of aliphatic carboxylic acids is 1. The largest absolute Gasteiger partial charge is 0.477 e. The minimum absolute atomic E-state index is 0.253. The zero-order valence-electron chi connectivity index (χ0n) is 14.5. The van der Waals surface area contributed by atoms with Crippen molar-refractivity contribution in [3.8, 4) is 0 Å². The number of Topliss-reactive ketones (excluding diaryl/α,β-unsaturated/α-hetero) is 1. The molecular weight excluding hydrogens is 372 g/mol. The molecule has 11 nitrogen and oxygen atoms in total. The Morgan fingerprint density at radius 1 is 1.07 bits per heavy atom. The number of hydrogen-bond donors (Lipinski definition) is 2. The standard InChI is InChI=1S/C17H14N4O7/c1-10-2-4-11(5-3-10)16(22)9-14(17(23)24)19-18-13-7-6-12(20(25)26)8-15(13)21(27)28/h2-8,18H,9H2,1H3,(H,23,24)/b19-14+. The summed E-state index contributed by atoms with van der Waals surface area (Å²) in [5, 5.41) is 34.6. The second-order valence-electron chi connectivity index (χ2n) is 5.66. The zero-order chi connectivity index (χ0) is 20.8. The number of carboxylic acid groups (broad SMARTS) is 1. The van der Waals surface area contributed by atoms with Gasteiger partial charge in [-0.2, -0.15) is 5.10 Å². The van der Waals surface area contributed by atoms with E-state index in [2.05, 4.69) is 10.5 Å². The molecule has 0 aliphatic carbocycles. The predicted octanol–water partition coefficient (Wildman–Crippen LogP) is 2.94. The van der Waals surface area contributed by atoms with Gasteiger partial charge in [0, 0.05) is 11.6 Å². The van der Waals surface area contributed by atoms with Gasteiger partial charge in [-0.3, -0.25) is 30.4 Å². The van der Waals surface area contributed by atoms with E-state index in [9.17, 15) is 34.9 Å². The lowest BCUT2D eigenvalue weighted by Crippen LogP contribution is -2.19. The fourth-order valence-electron chi connectivity index (χ4n) is 2.16. The Morgan fingerprint density at radius 3 is 2.25 bits per heavy atom. The lowest BCUT2D eigenvalue weighted by atomic mass is 10.0. The first-order valence-corrected chi connectivity index (χ1v) is 7.77. The molecule has 0 spiro atoms. The molecule has 0 saturated heterocycles. The van der Waals surface area contributed by atoms with Crippen LogP contribution in [0.3, 0.4) is 0 Å². The Hall–Kier alpha value is -4.15. The first-order chi connectivity index (χ1) is 13.2. The van der Waals surface area contributed by atoms with E-state index in [1.807, 2.05) is 6.92 Å². The highest BCUT2D eigenvalue weighted by Crippen LogP contribution is 2.29. The number of nitro benzene ring substituents is 2. The lowest BCUT2D eigenvalue weighted by Gasteiger charge is -2.05. The Bertz CT molecular complexity index is 984. The monoisotopic (exact) mass is 386 g/mol. The third kappa shape index (κ3) is 4.94. The maximum atomic E-state index is 12.2. The van der Waals surface area contributed by atoms with Crippen LogP contribution in [0.1, 0.15) is 22.3 Å². The summed E-state index contributed by atoms with van der Waals surface area (Å²) in [7, 11) is 0. The number of nitro groups is 2. The third-order valence-corrected chi connectivity index (χ3v) is 3.65. The van der Waals surface area contributed by atoms with Gasteiger partial charge in [0.1, 0.15) is 5.69 Å². The maximum absolute atomic E-state index is 12.2. The average molecular weight is 386 g/mol. The summed E-state index contributed by atoms with van der Waals surface area (Å²) in [6.45, 7) is 1.83.